The molecule has 0 heteroatoms. The minimum absolute atomic E-state index is 0.730. The van der Waals surface area contributed by atoms with Crippen molar-refractivity contribution in [3.05, 3.63) is 34.9 Å². The largest absolute Gasteiger partial charge is 0.0596 e. The Morgan fingerprint density at radius 3 is 1.88 bits per heavy atom. The van der Waals surface area contributed by atoms with E-state index in [4.69, 9.17) is 0 Å². The first-order chi connectivity index (χ1) is 11.5. The second-order valence-corrected chi connectivity index (χ2v) is 9.66. The molecule has 2 aliphatic carbocycles. The highest BCUT2D eigenvalue weighted by atomic mass is 14.4. The molecule has 0 aliphatic heterocycles. The van der Waals surface area contributed by atoms with E-state index in [1.54, 1.807) is 11.1 Å². The van der Waals surface area contributed by atoms with E-state index >= 15 is 0 Å². The Kier molecular flexibility index (Phi) is 5.73. The predicted octanol–water partition coefficient (Wildman–Crippen LogP) is 7.41. The summed E-state index contributed by atoms with van der Waals surface area (Å²) in [5.41, 5.74) is 6.19. The molecule has 0 atom stereocenters. The molecule has 2 saturated carbocycles. The second kappa shape index (κ2) is 7.63. The summed E-state index contributed by atoms with van der Waals surface area (Å²) in [4.78, 5) is 0. The summed E-state index contributed by atoms with van der Waals surface area (Å²) in [5.74, 6) is 0. The van der Waals surface area contributed by atoms with Crippen LogP contribution in [0.3, 0.4) is 0 Å². The average molecular weight is 327 g/mol. The molecule has 1 aromatic carbocycles. The molecule has 0 amide bonds. The van der Waals surface area contributed by atoms with E-state index in [0.29, 0.717) is 0 Å². The van der Waals surface area contributed by atoms with E-state index in [0.717, 1.165) is 10.8 Å². The van der Waals surface area contributed by atoms with Crippen molar-refractivity contribution < 1.29 is 0 Å². The van der Waals surface area contributed by atoms with Crippen LogP contribution in [0.2, 0.25) is 0 Å². The predicted molar refractivity (Wildman–Crippen MR) is 106 cm³/mol. The van der Waals surface area contributed by atoms with Crippen LogP contribution in [0.4, 0.5) is 0 Å². The summed E-state index contributed by atoms with van der Waals surface area (Å²) in [5, 5.41) is 0. The van der Waals surface area contributed by atoms with Gasteiger partial charge in [-0.2, -0.15) is 0 Å². The second-order valence-electron chi connectivity index (χ2n) is 9.66. The zero-order valence-corrected chi connectivity index (χ0v) is 16.4. The van der Waals surface area contributed by atoms with E-state index < -0.39 is 0 Å². The molecule has 0 nitrogen and oxygen atoms in total. The number of benzene rings is 1. The molecule has 0 radical (unpaired) electrons. The molecule has 0 bridgehead atoms. The standard InChI is InChI=1S/C24H38/c1-20-11-12-21(9-5-4-7-13-23(2)15-16-23)22(19-20)10-6-8-14-24(3)17-18-24/h11-12,19H,4-10,13-18H2,1-3H3. The van der Waals surface area contributed by atoms with Gasteiger partial charge in [-0.1, -0.05) is 56.9 Å². The van der Waals surface area contributed by atoms with Crippen molar-refractivity contribution in [2.45, 2.75) is 104 Å². The van der Waals surface area contributed by atoms with Crippen molar-refractivity contribution in [1.29, 1.82) is 0 Å². The zero-order chi connectivity index (χ0) is 17.0. The van der Waals surface area contributed by atoms with Gasteiger partial charge < -0.3 is 0 Å². The number of unbranched alkanes of at least 4 members (excludes halogenated alkanes) is 3. The molecule has 1 aromatic rings. The van der Waals surface area contributed by atoms with Gasteiger partial charge in [-0.05, 0) is 93.1 Å². The van der Waals surface area contributed by atoms with Crippen molar-refractivity contribution in [1.82, 2.24) is 0 Å². The van der Waals surface area contributed by atoms with Crippen LogP contribution in [0, 0.1) is 17.8 Å². The molecule has 24 heavy (non-hydrogen) atoms. The fourth-order valence-corrected chi connectivity index (χ4v) is 4.07. The van der Waals surface area contributed by atoms with Crippen molar-refractivity contribution in [3.63, 3.8) is 0 Å². The first-order valence-corrected chi connectivity index (χ1v) is 10.6. The minimum Gasteiger partial charge on any atom is -0.0596 e. The lowest BCUT2D eigenvalue weighted by Gasteiger charge is -2.13. The van der Waals surface area contributed by atoms with Crippen LogP contribution in [0.5, 0.6) is 0 Å². The van der Waals surface area contributed by atoms with Gasteiger partial charge in [-0.25, -0.2) is 0 Å². The minimum atomic E-state index is 0.730. The quantitative estimate of drug-likeness (QED) is 0.371. The van der Waals surface area contributed by atoms with Crippen molar-refractivity contribution >= 4 is 0 Å². The molecule has 0 unspecified atom stereocenters. The summed E-state index contributed by atoms with van der Waals surface area (Å²) in [6.45, 7) is 7.18. The fourth-order valence-electron chi connectivity index (χ4n) is 4.07. The molecular weight excluding hydrogens is 288 g/mol. The lowest BCUT2D eigenvalue weighted by Crippen LogP contribution is -1.99. The van der Waals surface area contributed by atoms with Gasteiger partial charge in [0.1, 0.15) is 0 Å². The molecule has 0 aromatic heterocycles. The maximum absolute atomic E-state index is 2.47. The molecule has 3 rings (SSSR count). The highest BCUT2D eigenvalue weighted by molar-refractivity contribution is 5.31. The summed E-state index contributed by atoms with van der Waals surface area (Å²) < 4.78 is 0. The van der Waals surface area contributed by atoms with E-state index in [2.05, 4.69) is 39.0 Å². The fraction of sp³-hybridized carbons (Fsp3) is 0.750. The maximum atomic E-state index is 2.47. The first kappa shape index (κ1) is 18.0. The topological polar surface area (TPSA) is 0 Å². The van der Waals surface area contributed by atoms with Gasteiger partial charge in [-0.15, -0.1) is 0 Å². The van der Waals surface area contributed by atoms with Crippen LogP contribution >= 0.6 is 0 Å². The Labute approximate surface area is 150 Å². The molecule has 0 heterocycles. The number of aryl methyl sites for hydroxylation is 3. The number of rotatable bonds is 11. The van der Waals surface area contributed by atoms with E-state index in [9.17, 15) is 0 Å². The third-order valence-electron chi connectivity index (χ3n) is 6.77. The van der Waals surface area contributed by atoms with Crippen LogP contribution in [0.15, 0.2) is 18.2 Å². The molecule has 0 spiro atoms. The van der Waals surface area contributed by atoms with Gasteiger partial charge in [0.2, 0.25) is 0 Å². The van der Waals surface area contributed by atoms with Crippen molar-refractivity contribution in [2.24, 2.45) is 10.8 Å². The highest BCUT2D eigenvalue weighted by Crippen LogP contribution is 2.49. The lowest BCUT2D eigenvalue weighted by molar-refractivity contribution is 0.475. The Morgan fingerprint density at radius 2 is 1.25 bits per heavy atom. The Hall–Kier alpha value is -0.780. The molecule has 0 saturated heterocycles. The summed E-state index contributed by atoms with van der Waals surface area (Å²) in [6, 6.07) is 7.18. The summed E-state index contributed by atoms with van der Waals surface area (Å²) >= 11 is 0. The summed E-state index contributed by atoms with van der Waals surface area (Å²) in [7, 11) is 0. The highest BCUT2D eigenvalue weighted by Gasteiger charge is 2.36. The molecular formula is C24H38. The van der Waals surface area contributed by atoms with Crippen LogP contribution in [0.1, 0.15) is 101 Å². The van der Waals surface area contributed by atoms with Gasteiger partial charge >= 0.3 is 0 Å². The van der Waals surface area contributed by atoms with Gasteiger partial charge in [0.05, 0.1) is 0 Å². The van der Waals surface area contributed by atoms with Gasteiger partial charge in [-0.3, -0.25) is 0 Å². The van der Waals surface area contributed by atoms with E-state index in [1.165, 1.54) is 89.0 Å². The Morgan fingerprint density at radius 1 is 0.708 bits per heavy atom. The normalized spacial score (nSPS) is 20.1. The molecule has 0 N–H and O–H groups in total. The number of hydrogen-bond donors (Lipinski definition) is 0. The van der Waals surface area contributed by atoms with Crippen molar-refractivity contribution in [2.75, 3.05) is 0 Å². The monoisotopic (exact) mass is 326 g/mol. The van der Waals surface area contributed by atoms with Gasteiger partial charge in [0, 0.05) is 0 Å². The summed E-state index contributed by atoms with van der Waals surface area (Å²) in [6.07, 6.45) is 18.5. The molecule has 134 valence electrons. The van der Waals surface area contributed by atoms with Crippen LogP contribution in [-0.2, 0) is 12.8 Å². The SMILES string of the molecule is Cc1ccc(CCCCCC2(C)CC2)c(CCCCC2(C)CC2)c1. The third kappa shape index (κ3) is 5.64. The van der Waals surface area contributed by atoms with E-state index in [-0.39, 0.29) is 0 Å². The Bertz CT molecular complexity index is 531. The first-order valence-electron chi connectivity index (χ1n) is 10.6. The van der Waals surface area contributed by atoms with Crippen LogP contribution < -0.4 is 0 Å². The smallest absolute Gasteiger partial charge is 0.0276 e. The Balaban J connectivity index is 1.39. The van der Waals surface area contributed by atoms with Crippen LogP contribution in [0.25, 0.3) is 0 Å². The molecule has 2 fully saturated rings. The van der Waals surface area contributed by atoms with Gasteiger partial charge in [0.25, 0.3) is 0 Å². The number of hydrogen-bond acceptors (Lipinski definition) is 0. The maximum Gasteiger partial charge on any atom is -0.0276 e. The lowest BCUT2D eigenvalue weighted by atomic mass is 9.93. The third-order valence-corrected chi connectivity index (χ3v) is 6.77. The van der Waals surface area contributed by atoms with Crippen LogP contribution in [-0.4, -0.2) is 0 Å². The van der Waals surface area contributed by atoms with Gasteiger partial charge in [0.15, 0.2) is 0 Å². The molecule has 2 aliphatic rings. The van der Waals surface area contributed by atoms with E-state index in [1.807, 2.05) is 0 Å². The van der Waals surface area contributed by atoms with Crippen molar-refractivity contribution in [3.8, 4) is 0 Å². The zero-order valence-electron chi connectivity index (χ0n) is 16.4. The average Bonchev–Trinajstić information content (AvgIpc) is 3.46.